The second kappa shape index (κ2) is 4.42. The van der Waals surface area contributed by atoms with E-state index in [1.54, 1.807) is 5.56 Å². The molecule has 1 fully saturated rings. The van der Waals surface area contributed by atoms with Crippen molar-refractivity contribution in [3.8, 4) is 0 Å². The van der Waals surface area contributed by atoms with Gasteiger partial charge in [0, 0.05) is 16.7 Å². The van der Waals surface area contributed by atoms with E-state index in [1.807, 2.05) is 11.8 Å². The van der Waals surface area contributed by atoms with Crippen LogP contribution in [-0.2, 0) is 6.42 Å². The third-order valence-electron chi connectivity index (χ3n) is 3.77. The first-order chi connectivity index (χ1) is 7.83. The molecule has 16 heavy (non-hydrogen) atoms. The van der Waals surface area contributed by atoms with Gasteiger partial charge < -0.3 is 5.32 Å². The van der Waals surface area contributed by atoms with E-state index in [4.69, 9.17) is 0 Å². The van der Waals surface area contributed by atoms with Crippen molar-refractivity contribution >= 4 is 11.8 Å². The van der Waals surface area contributed by atoms with Crippen molar-refractivity contribution in [2.24, 2.45) is 11.8 Å². The van der Waals surface area contributed by atoms with Crippen LogP contribution in [-0.4, -0.2) is 18.3 Å². The van der Waals surface area contributed by atoms with E-state index in [0.29, 0.717) is 0 Å². The van der Waals surface area contributed by atoms with Crippen LogP contribution in [0.3, 0.4) is 0 Å². The molecule has 1 aromatic rings. The van der Waals surface area contributed by atoms with Gasteiger partial charge in [0.1, 0.15) is 0 Å². The molecule has 1 nitrogen and oxygen atoms in total. The molecule has 1 saturated carbocycles. The normalized spacial score (nSPS) is 31.4. The average Bonchev–Trinajstić information content (AvgIpc) is 2.84. The van der Waals surface area contributed by atoms with E-state index in [-0.39, 0.29) is 0 Å². The van der Waals surface area contributed by atoms with Crippen LogP contribution in [0.15, 0.2) is 29.2 Å². The summed E-state index contributed by atoms with van der Waals surface area (Å²) in [5.41, 5.74) is 1.54. The molecule has 0 saturated heterocycles. The van der Waals surface area contributed by atoms with E-state index in [2.05, 4.69) is 36.5 Å². The summed E-state index contributed by atoms with van der Waals surface area (Å²) in [4.78, 5) is 1.49. The fourth-order valence-corrected chi connectivity index (χ4v) is 3.76. The predicted molar refractivity (Wildman–Crippen MR) is 69.9 cm³/mol. The Bertz CT molecular complexity index is 352. The SMILES string of the molecule is CC1CC1CNCC1Cc2ccccc2S1. The molecule has 86 valence electrons. The number of nitrogens with one attached hydrogen (secondary N) is 1. The monoisotopic (exact) mass is 233 g/mol. The molecule has 1 aliphatic carbocycles. The fraction of sp³-hybridized carbons (Fsp3) is 0.571. The first-order valence-corrected chi connectivity index (χ1v) is 7.16. The highest BCUT2D eigenvalue weighted by molar-refractivity contribution is 8.00. The van der Waals surface area contributed by atoms with Gasteiger partial charge in [-0.2, -0.15) is 0 Å². The molecule has 0 radical (unpaired) electrons. The molecule has 1 heterocycles. The summed E-state index contributed by atoms with van der Waals surface area (Å²) in [6, 6.07) is 8.82. The van der Waals surface area contributed by atoms with Crippen molar-refractivity contribution in [1.29, 1.82) is 0 Å². The molecule has 1 aliphatic heterocycles. The van der Waals surface area contributed by atoms with Crippen LogP contribution >= 0.6 is 11.8 Å². The van der Waals surface area contributed by atoms with Gasteiger partial charge in [0.2, 0.25) is 0 Å². The molecule has 0 spiro atoms. The van der Waals surface area contributed by atoms with Gasteiger partial charge in [0.05, 0.1) is 0 Å². The Morgan fingerprint density at radius 2 is 2.12 bits per heavy atom. The topological polar surface area (TPSA) is 12.0 Å². The van der Waals surface area contributed by atoms with E-state index < -0.39 is 0 Å². The lowest BCUT2D eigenvalue weighted by atomic mass is 10.1. The van der Waals surface area contributed by atoms with Crippen molar-refractivity contribution < 1.29 is 0 Å². The van der Waals surface area contributed by atoms with E-state index in [1.165, 1.54) is 30.8 Å². The Morgan fingerprint density at radius 3 is 2.88 bits per heavy atom. The second-order valence-corrected chi connectivity index (χ2v) is 6.53. The minimum absolute atomic E-state index is 0.756. The summed E-state index contributed by atoms with van der Waals surface area (Å²) in [5, 5.41) is 4.39. The smallest absolute Gasteiger partial charge is 0.0260 e. The maximum absolute atomic E-state index is 3.63. The highest BCUT2D eigenvalue weighted by atomic mass is 32.2. The molecule has 0 bridgehead atoms. The van der Waals surface area contributed by atoms with Crippen molar-refractivity contribution in [2.45, 2.75) is 29.9 Å². The third-order valence-corrected chi connectivity index (χ3v) is 5.09. The van der Waals surface area contributed by atoms with Gasteiger partial charge in [0.25, 0.3) is 0 Å². The molecule has 3 rings (SSSR count). The second-order valence-electron chi connectivity index (χ2n) is 5.18. The number of rotatable bonds is 4. The lowest BCUT2D eigenvalue weighted by Crippen LogP contribution is -2.26. The van der Waals surface area contributed by atoms with Crippen LogP contribution in [0.2, 0.25) is 0 Å². The Labute approximate surface area is 102 Å². The van der Waals surface area contributed by atoms with Crippen LogP contribution in [0.25, 0.3) is 0 Å². The van der Waals surface area contributed by atoms with Gasteiger partial charge in [-0.15, -0.1) is 11.8 Å². The minimum Gasteiger partial charge on any atom is -0.315 e. The van der Waals surface area contributed by atoms with Gasteiger partial charge >= 0.3 is 0 Å². The minimum atomic E-state index is 0.756. The van der Waals surface area contributed by atoms with E-state index in [0.717, 1.165) is 17.1 Å². The van der Waals surface area contributed by atoms with Crippen LogP contribution in [0, 0.1) is 11.8 Å². The molecule has 2 aliphatic rings. The van der Waals surface area contributed by atoms with Crippen LogP contribution in [0.5, 0.6) is 0 Å². The van der Waals surface area contributed by atoms with Gasteiger partial charge in [-0.3, -0.25) is 0 Å². The van der Waals surface area contributed by atoms with Crippen LogP contribution in [0.1, 0.15) is 18.9 Å². The van der Waals surface area contributed by atoms with E-state index in [9.17, 15) is 0 Å². The molecular formula is C14H19NS. The Hall–Kier alpha value is -0.470. The number of fused-ring (bicyclic) bond motifs is 1. The first-order valence-electron chi connectivity index (χ1n) is 6.28. The Morgan fingerprint density at radius 1 is 1.31 bits per heavy atom. The van der Waals surface area contributed by atoms with Crippen molar-refractivity contribution in [3.63, 3.8) is 0 Å². The largest absolute Gasteiger partial charge is 0.315 e. The highest BCUT2D eigenvalue weighted by Gasteiger charge is 2.32. The fourth-order valence-electron chi connectivity index (χ4n) is 2.48. The summed E-state index contributed by atoms with van der Waals surface area (Å²) in [7, 11) is 0. The summed E-state index contributed by atoms with van der Waals surface area (Å²) in [6.45, 7) is 4.75. The molecule has 3 atom stereocenters. The van der Waals surface area contributed by atoms with Gasteiger partial charge in [-0.05, 0) is 42.9 Å². The molecule has 0 aromatic heterocycles. The molecular weight excluding hydrogens is 214 g/mol. The number of benzene rings is 1. The number of hydrogen-bond donors (Lipinski definition) is 1. The Kier molecular flexibility index (Phi) is 2.95. The quantitative estimate of drug-likeness (QED) is 0.858. The highest BCUT2D eigenvalue weighted by Crippen LogP contribution is 2.38. The average molecular weight is 233 g/mol. The maximum atomic E-state index is 3.63. The zero-order chi connectivity index (χ0) is 11.0. The predicted octanol–water partition coefficient (Wildman–Crippen LogP) is 2.95. The van der Waals surface area contributed by atoms with Crippen molar-refractivity contribution in [3.05, 3.63) is 29.8 Å². The van der Waals surface area contributed by atoms with Gasteiger partial charge in [-0.1, -0.05) is 25.1 Å². The summed E-state index contributed by atoms with van der Waals surface area (Å²) < 4.78 is 0. The molecule has 0 amide bonds. The summed E-state index contributed by atoms with van der Waals surface area (Å²) in [6.07, 6.45) is 2.68. The van der Waals surface area contributed by atoms with Crippen LogP contribution in [0.4, 0.5) is 0 Å². The summed E-state index contributed by atoms with van der Waals surface area (Å²) in [5.74, 6) is 1.94. The lowest BCUT2D eigenvalue weighted by Gasteiger charge is -2.09. The first kappa shape index (κ1) is 10.7. The van der Waals surface area contributed by atoms with Gasteiger partial charge in [-0.25, -0.2) is 0 Å². The van der Waals surface area contributed by atoms with E-state index >= 15 is 0 Å². The third kappa shape index (κ3) is 2.28. The molecule has 2 heteroatoms. The van der Waals surface area contributed by atoms with Crippen molar-refractivity contribution in [2.75, 3.05) is 13.1 Å². The zero-order valence-corrected chi connectivity index (χ0v) is 10.6. The molecule has 1 N–H and O–H groups in total. The van der Waals surface area contributed by atoms with Crippen LogP contribution < -0.4 is 5.32 Å². The number of thioether (sulfide) groups is 1. The maximum Gasteiger partial charge on any atom is 0.0260 e. The molecule has 3 unspecified atom stereocenters. The lowest BCUT2D eigenvalue weighted by molar-refractivity contribution is 0.602. The summed E-state index contributed by atoms with van der Waals surface area (Å²) >= 11 is 2.05. The molecule has 1 aromatic carbocycles. The standard InChI is InChI=1S/C14H19NS/c1-10-6-12(10)8-15-9-13-7-11-4-2-3-5-14(11)16-13/h2-5,10,12-13,15H,6-9H2,1H3. The Balaban J connectivity index is 1.45. The number of hydrogen-bond acceptors (Lipinski definition) is 2. The van der Waals surface area contributed by atoms with Gasteiger partial charge in [0.15, 0.2) is 0 Å². The zero-order valence-electron chi connectivity index (χ0n) is 9.78. The van der Waals surface area contributed by atoms with Crippen molar-refractivity contribution in [1.82, 2.24) is 5.32 Å².